The highest BCUT2D eigenvalue weighted by Crippen LogP contribution is 2.32. The SMILES string of the molecule is CC.CC#N.CN/C=C\c1c(C=O)c(Nc2ccc(Cl)c(SC)c2)nn1C1CCCOC1. The van der Waals surface area contributed by atoms with Gasteiger partial charge in [0.2, 0.25) is 0 Å². The first-order chi connectivity index (χ1) is 15.6. The van der Waals surface area contributed by atoms with E-state index in [2.05, 4.69) is 10.6 Å². The average molecular weight is 478 g/mol. The lowest BCUT2D eigenvalue weighted by Crippen LogP contribution is -2.23. The van der Waals surface area contributed by atoms with Crippen molar-refractivity contribution in [3.63, 3.8) is 0 Å². The molecule has 174 valence electrons. The van der Waals surface area contributed by atoms with Crippen LogP contribution in [0.25, 0.3) is 6.08 Å². The predicted molar refractivity (Wildman–Crippen MR) is 134 cm³/mol. The molecule has 1 aliphatic rings. The third kappa shape index (κ3) is 7.59. The molecular formula is C23H32ClN5O2S. The van der Waals surface area contributed by atoms with Crippen molar-refractivity contribution >= 4 is 47.2 Å². The highest BCUT2D eigenvalue weighted by atomic mass is 35.5. The second-order valence-electron chi connectivity index (χ2n) is 6.40. The Kier molecular flexibility index (Phi) is 13.2. The minimum atomic E-state index is 0.108. The fourth-order valence-corrected chi connectivity index (χ4v) is 3.92. The maximum atomic E-state index is 11.9. The van der Waals surface area contributed by atoms with Gasteiger partial charge in [0, 0.05) is 31.2 Å². The number of aromatic nitrogens is 2. The molecule has 0 saturated carbocycles. The van der Waals surface area contributed by atoms with E-state index in [0.717, 1.165) is 42.0 Å². The number of aldehydes is 1. The highest BCUT2D eigenvalue weighted by Gasteiger charge is 2.24. The fraction of sp³-hybridized carbons (Fsp3) is 0.435. The summed E-state index contributed by atoms with van der Waals surface area (Å²) in [5, 5.41) is 19.0. The second-order valence-corrected chi connectivity index (χ2v) is 7.66. The van der Waals surface area contributed by atoms with E-state index in [1.807, 2.05) is 56.1 Å². The number of halogens is 1. The Balaban J connectivity index is 0.000000944. The summed E-state index contributed by atoms with van der Waals surface area (Å²) in [5.41, 5.74) is 2.12. The van der Waals surface area contributed by atoms with Crippen LogP contribution in [0.1, 0.15) is 55.7 Å². The Bertz CT molecular complexity index is 918. The van der Waals surface area contributed by atoms with Crippen LogP contribution in [0.15, 0.2) is 29.3 Å². The van der Waals surface area contributed by atoms with E-state index in [1.54, 1.807) is 24.0 Å². The summed E-state index contributed by atoms with van der Waals surface area (Å²) < 4.78 is 7.51. The summed E-state index contributed by atoms with van der Waals surface area (Å²) in [4.78, 5) is 12.8. The Labute approximate surface area is 200 Å². The monoisotopic (exact) mass is 477 g/mol. The number of carbonyl (C=O) groups is 1. The van der Waals surface area contributed by atoms with Crippen LogP contribution in [-0.4, -0.2) is 42.6 Å². The van der Waals surface area contributed by atoms with E-state index in [4.69, 9.17) is 26.7 Å². The van der Waals surface area contributed by atoms with Gasteiger partial charge in [-0.25, -0.2) is 0 Å². The zero-order valence-corrected chi connectivity index (χ0v) is 20.9. The molecule has 3 rings (SSSR count). The number of carbonyl (C=O) groups excluding carboxylic acids is 1. The molecule has 0 aliphatic carbocycles. The van der Waals surface area contributed by atoms with E-state index in [1.165, 1.54) is 6.92 Å². The predicted octanol–water partition coefficient (Wildman–Crippen LogP) is 5.91. The number of ether oxygens (including phenoxy) is 1. The average Bonchev–Trinajstić information content (AvgIpc) is 3.18. The Morgan fingerprint density at radius 1 is 1.41 bits per heavy atom. The van der Waals surface area contributed by atoms with E-state index in [0.29, 0.717) is 23.0 Å². The van der Waals surface area contributed by atoms with E-state index in [9.17, 15) is 4.79 Å². The standard InChI is InChI=1S/C19H23ClN4O2S.C2H3N.C2H6/c1-21-8-7-17-15(11-25)19(23-24(17)14-4-3-9-26-12-14)22-13-5-6-16(20)18(10-13)27-2;1-2-3;1-2/h5-8,10-11,14,21H,3-4,9,12H2,1-2H3,(H,22,23);1H3;1-2H3/b8-7-;;. The van der Waals surface area contributed by atoms with Crippen molar-refractivity contribution in [3.8, 4) is 6.07 Å². The zero-order chi connectivity index (χ0) is 23.9. The molecule has 0 amide bonds. The number of anilines is 2. The minimum Gasteiger partial charge on any atom is -0.394 e. The summed E-state index contributed by atoms with van der Waals surface area (Å²) in [7, 11) is 1.82. The lowest BCUT2D eigenvalue weighted by molar-refractivity contribution is 0.0548. The second kappa shape index (κ2) is 15.4. The van der Waals surface area contributed by atoms with E-state index in [-0.39, 0.29) is 6.04 Å². The molecule has 32 heavy (non-hydrogen) atoms. The van der Waals surface area contributed by atoms with Crippen LogP contribution < -0.4 is 10.6 Å². The number of benzene rings is 1. The van der Waals surface area contributed by atoms with E-state index >= 15 is 0 Å². The molecule has 9 heteroatoms. The van der Waals surface area contributed by atoms with Gasteiger partial charge in [-0.1, -0.05) is 25.4 Å². The Hall–Kier alpha value is -2.47. The quantitative estimate of drug-likeness (QED) is 0.378. The van der Waals surface area contributed by atoms with Gasteiger partial charge < -0.3 is 15.4 Å². The Morgan fingerprint density at radius 2 is 2.12 bits per heavy atom. The largest absolute Gasteiger partial charge is 0.394 e. The van der Waals surface area contributed by atoms with Crippen LogP contribution in [0.2, 0.25) is 5.02 Å². The van der Waals surface area contributed by atoms with Crippen LogP contribution in [-0.2, 0) is 4.74 Å². The topological polar surface area (TPSA) is 92.0 Å². The lowest BCUT2D eigenvalue weighted by atomic mass is 10.1. The highest BCUT2D eigenvalue weighted by molar-refractivity contribution is 7.98. The van der Waals surface area contributed by atoms with Crippen LogP contribution >= 0.6 is 23.4 Å². The van der Waals surface area contributed by atoms with Crippen molar-refractivity contribution in [1.29, 1.82) is 5.26 Å². The van der Waals surface area contributed by atoms with Crippen molar-refractivity contribution < 1.29 is 9.53 Å². The molecule has 1 unspecified atom stereocenters. The van der Waals surface area contributed by atoms with Crippen LogP contribution in [0.4, 0.5) is 11.5 Å². The van der Waals surface area contributed by atoms with Crippen molar-refractivity contribution in [1.82, 2.24) is 15.1 Å². The molecule has 2 aromatic rings. The number of hydrogen-bond acceptors (Lipinski definition) is 7. The van der Waals surface area contributed by atoms with E-state index < -0.39 is 0 Å². The third-order valence-electron chi connectivity index (χ3n) is 4.41. The molecule has 7 nitrogen and oxygen atoms in total. The van der Waals surface area contributed by atoms with Crippen molar-refractivity contribution in [2.24, 2.45) is 0 Å². The molecule has 2 heterocycles. The number of nitrogens with zero attached hydrogens (tertiary/aromatic N) is 3. The number of rotatable bonds is 7. The summed E-state index contributed by atoms with van der Waals surface area (Å²) in [6.45, 7) is 6.80. The van der Waals surface area contributed by atoms with Crippen LogP contribution in [0.3, 0.4) is 0 Å². The first-order valence-corrected chi connectivity index (χ1v) is 12.1. The maximum Gasteiger partial charge on any atom is 0.163 e. The van der Waals surface area contributed by atoms with Gasteiger partial charge >= 0.3 is 0 Å². The molecule has 1 saturated heterocycles. The Morgan fingerprint density at radius 3 is 2.69 bits per heavy atom. The molecule has 0 radical (unpaired) electrons. The van der Waals surface area contributed by atoms with Crippen molar-refractivity contribution in [2.45, 2.75) is 44.6 Å². The van der Waals surface area contributed by atoms with Gasteiger partial charge in [0.05, 0.1) is 35.0 Å². The van der Waals surface area contributed by atoms with Gasteiger partial charge in [0.15, 0.2) is 12.1 Å². The number of nitrogens with one attached hydrogen (secondary N) is 2. The van der Waals surface area contributed by atoms with Crippen LogP contribution in [0, 0.1) is 11.3 Å². The first-order valence-electron chi connectivity index (χ1n) is 10.5. The van der Waals surface area contributed by atoms with Gasteiger partial charge in [-0.3, -0.25) is 9.48 Å². The molecule has 2 N–H and O–H groups in total. The smallest absolute Gasteiger partial charge is 0.163 e. The lowest BCUT2D eigenvalue weighted by Gasteiger charge is -2.23. The third-order valence-corrected chi connectivity index (χ3v) is 5.63. The first kappa shape index (κ1) is 27.6. The summed E-state index contributed by atoms with van der Waals surface area (Å²) in [6.07, 6.45) is 8.43. The number of hydrogen-bond donors (Lipinski definition) is 2. The van der Waals surface area contributed by atoms with Gasteiger partial charge in [-0.05, 0) is 49.6 Å². The molecule has 1 aromatic heterocycles. The molecular weight excluding hydrogens is 446 g/mol. The zero-order valence-electron chi connectivity index (χ0n) is 19.3. The summed E-state index contributed by atoms with van der Waals surface area (Å²) in [6, 6.07) is 7.52. The van der Waals surface area contributed by atoms with Gasteiger partial charge in [-0.15, -0.1) is 11.8 Å². The summed E-state index contributed by atoms with van der Waals surface area (Å²) >= 11 is 7.76. The van der Waals surface area contributed by atoms with Gasteiger partial charge in [0.25, 0.3) is 0 Å². The molecule has 1 aliphatic heterocycles. The maximum absolute atomic E-state index is 11.9. The number of nitriles is 1. The van der Waals surface area contributed by atoms with Crippen molar-refractivity contribution in [2.75, 3.05) is 31.8 Å². The molecule has 0 bridgehead atoms. The summed E-state index contributed by atoms with van der Waals surface area (Å²) in [5.74, 6) is 0.528. The van der Waals surface area contributed by atoms with Gasteiger partial charge in [-0.2, -0.15) is 10.4 Å². The van der Waals surface area contributed by atoms with Crippen LogP contribution in [0.5, 0.6) is 0 Å². The minimum absolute atomic E-state index is 0.108. The fourth-order valence-electron chi connectivity index (χ4n) is 3.07. The number of thioether (sulfide) groups is 1. The molecule has 1 aromatic carbocycles. The molecule has 1 fully saturated rings. The normalized spacial score (nSPS) is 15.0. The molecule has 0 spiro atoms. The van der Waals surface area contributed by atoms with Crippen molar-refractivity contribution in [3.05, 3.63) is 40.7 Å². The molecule has 1 atom stereocenters. The van der Waals surface area contributed by atoms with Gasteiger partial charge in [0.1, 0.15) is 0 Å².